The molecule has 0 bridgehead atoms. The van der Waals surface area contributed by atoms with Crippen molar-refractivity contribution in [2.24, 2.45) is 5.92 Å². The van der Waals surface area contributed by atoms with E-state index in [-0.39, 0.29) is 29.2 Å². The van der Waals surface area contributed by atoms with Gasteiger partial charge in [0.05, 0.1) is 16.5 Å². The lowest BCUT2D eigenvalue weighted by atomic mass is 10.1. The van der Waals surface area contributed by atoms with E-state index < -0.39 is 45.6 Å². The molecule has 2 atom stereocenters. The fourth-order valence-electron chi connectivity index (χ4n) is 3.28. The summed E-state index contributed by atoms with van der Waals surface area (Å²) in [6.45, 7) is 1.30. The fourth-order valence-corrected chi connectivity index (χ4v) is 4.23. The summed E-state index contributed by atoms with van der Waals surface area (Å²) in [7, 11) is -0.905. The van der Waals surface area contributed by atoms with Gasteiger partial charge in [-0.2, -0.15) is 0 Å². The molecule has 0 unspecified atom stereocenters. The monoisotopic (exact) mass is 477 g/mol. The Morgan fingerprint density at radius 1 is 1.18 bits per heavy atom. The number of benzene rings is 2. The van der Waals surface area contributed by atoms with Gasteiger partial charge in [0.15, 0.2) is 6.10 Å². The van der Waals surface area contributed by atoms with Crippen molar-refractivity contribution in [3.63, 3.8) is 0 Å². The van der Waals surface area contributed by atoms with Gasteiger partial charge in [0.25, 0.3) is 5.91 Å². The molecule has 1 N–H and O–H groups in total. The lowest BCUT2D eigenvalue weighted by molar-refractivity contribution is -0.157. The maximum Gasteiger partial charge on any atom is 0.312 e. The summed E-state index contributed by atoms with van der Waals surface area (Å²) in [6, 6.07) is 11.4. The van der Waals surface area contributed by atoms with Crippen LogP contribution in [-0.2, 0) is 29.1 Å². The lowest BCUT2D eigenvalue weighted by Crippen LogP contribution is -2.33. The van der Waals surface area contributed by atoms with Crippen LogP contribution in [0.4, 0.5) is 15.8 Å². The molecule has 9 nitrogen and oxygen atoms in total. The molecule has 11 heteroatoms. The maximum atomic E-state index is 14.0. The van der Waals surface area contributed by atoms with Gasteiger partial charge in [-0.3, -0.25) is 14.4 Å². The molecule has 3 rings (SSSR count). The average molecular weight is 478 g/mol. The Morgan fingerprint density at radius 2 is 1.88 bits per heavy atom. The van der Waals surface area contributed by atoms with E-state index in [0.717, 1.165) is 4.31 Å². The summed E-state index contributed by atoms with van der Waals surface area (Å²) in [4.78, 5) is 38.5. The number of esters is 1. The van der Waals surface area contributed by atoms with Crippen LogP contribution in [0.5, 0.6) is 0 Å². The zero-order chi connectivity index (χ0) is 24.3. The Morgan fingerprint density at radius 3 is 2.55 bits per heavy atom. The van der Waals surface area contributed by atoms with Gasteiger partial charge in [-0.05, 0) is 37.3 Å². The van der Waals surface area contributed by atoms with Crippen LogP contribution in [-0.4, -0.2) is 57.3 Å². The lowest BCUT2D eigenvalue weighted by Gasteiger charge is -2.18. The van der Waals surface area contributed by atoms with Crippen molar-refractivity contribution in [2.45, 2.75) is 24.3 Å². The van der Waals surface area contributed by atoms with Gasteiger partial charge in [-0.15, -0.1) is 0 Å². The smallest absolute Gasteiger partial charge is 0.312 e. The number of amides is 2. The Labute approximate surface area is 191 Å². The third-order valence-corrected chi connectivity index (χ3v) is 6.96. The number of para-hydroxylation sites is 1. The molecular weight excluding hydrogens is 453 g/mol. The molecule has 2 aromatic rings. The highest BCUT2D eigenvalue weighted by atomic mass is 32.2. The Balaban J connectivity index is 1.62. The second-order valence-electron chi connectivity index (χ2n) is 7.74. The first kappa shape index (κ1) is 24.3. The number of halogens is 1. The summed E-state index contributed by atoms with van der Waals surface area (Å²) in [6.07, 6.45) is -1.37. The standard InChI is InChI=1S/C22H24FN3O6S/c1-14(21(28)24-16-7-6-8-17(12-16)33(30,31)25(2)3)32-22(29)15-11-20(27)26(13-15)19-10-5-4-9-18(19)23/h4-10,12,14-15H,11,13H2,1-3H3,(H,24,28)/t14-,15-/m1/s1. The van der Waals surface area contributed by atoms with Gasteiger partial charge < -0.3 is 15.0 Å². The zero-order valence-electron chi connectivity index (χ0n) is 18.3. The molecule has 1 saturated heterocycles. The highest BCUT2D eigenvalue weighted by molar-refractivity contribution is 7.89. The number of nitrogens with one attached hydrogen (secondary N) is 1. The molecule has 1 heterocycles. The Kier molecular flexibility index (Phi) is 7.13. The van der Waals surface area contributed by atoms with Crippen LogP contribution in [0, 0.1) is 11.7 Å². The van der Waals surface area contributed by atoms with Crippen molar-refractivity contribution in [3.05, 3.63) is 54.3 Å². The van der Waals surface area contributed by atoms with Crippen molar-refractivity contribution >= 4 is 39.2 Å². The highest BCUT2D eigenvalue weighted by Crippen LogP contribution is 2.28. The summed E-state index contributed by atoms with van der Waals surface area (Å²) in [5.41, 5.74) is 0.295. The van der Waals surface area contributed by atoms with Crippen molar-refractivity contribution in [1.29, 1.82) is 0 Å². The average Bonchev–Trinajstić information content (AvgIpc) is 3.15. The molecule has 1 aliphatic heterocycles. The van der Waals surface area contributed by atoms with E-state index in [4.69, 9.17) is 4.74 Å². The van der Waals surface area contributed by atoms with Crippen molar-refractivity contribution in [1.82, 2.24) is 4.31 Å². The molecule has 2 amide bonds. The molecule has 0 radical (unpaired) electrons. The van der Waals surface area contributed by atoms with Gasteiger partial charge in [-0.1, -0.05) is 18.2 Å². The number of rotatable bonds is 7. The second kappa shape index (κ2) is 9.67. The van der Waals surface area contributed by atoms with Crippen molar-refractivity contribution in [3.8, 4) is 0 Å². The van der Waals surface area contributed by atoms with E-state index in [1.54, 1.807) is 6.07 Å². The zero-order valence-corrected chi connectivity index (χ0v) is 19.1. The van der Waals surface area contributed by atoms with Crippen LogP contribution in [0.15, 0.2) is 53.4 Å². The molecule has 1 aliphatic rings. The summed E-state index contributed by atoms with van der Waals surface area (Å²) in [5, 5.41) is 2.51. The molecular formula is C22H24FN3O6S. The minimum absolute atomic E-state index is 0.00680. The van der Waals surface area contributed by atoms with Gasteiger partial charge in [0, 0.05) is 32.7 Å². The first-order valence-electron chi connectivity index (χ1n) is 10.1. The molecule has 1 fully saturated rings. The van der Waals surface area contributed by atoms with Crippen molar-refractivity contribution < 1.29 is 31.9 Å². The highest BCUT2D eigenvalue weighted by Gasteiger charge is 2.38. The second-order valence-corrected chi connectivity index (χ2v) is 9.89. The minimum Gasteiger partial charge on any atom is -0.452 e. The predicted molar refractivity (Wildman–Crippen MR) is 118 cm³/mol. The normalized spacial score (nSPS) is 17.2. The van der Waals surface area contributed by atoms with E-state index >= 15 is 0 Å². The Bertz CT molecular complexity index is 1180. The molecule has 0 spiro atoms. The number of hydrogen-bond acceptors (Lipinski definition) is 6. The van der Waals surface area contributed by atoms with E-state index in [1.807, 2.05) is 0 Å². The first-order valence-corrected chi connectivity index (χ1v) is 11.5. The Hall–Kier alpha value is -3.31. The number of hydrogen-bond donors (Lipinski definition) is 1. The maximum absolute atomic E-state index is 14.0. The summed E-state index contributed by atoms with van der Waals surface area (Å²) < 4.78 is 44.8. The van der Waals surface area contributed by atoms with E-state index in [2.05, 4.69) is 5.32 Å². The third-order valence-electron chi connectivity index (χ3n) is 5.14. The minimum atomic E-state index is -3.69. The van der Waals surface area contributed by atoms with Crippen LogP contribution in [0.1, 0.15) is 13.3 Å². The molecule has 33 heavy (non-hydrogen) atoms. The van der Waals surface area contributed by atoms with Gasteiger partial charge >= 0.3 is 5.97 Å². The van der Waals surface area contributed by atoms with Gasteiger partial charge in [-0.25, -0.2) is 17.1 Å². The van der Waals surface area contributed by atoms with Crippen LogP contribution >= 0.6 is 0 Å². The third kappa shape index (κ3) is 5.37. The fraction of sp³-hybridized carbons (Fsp3) is 0.318. The topological polar surface area (TPSA) is 113 Å². The van der Waals surface area contributed by atoms with E-state index in [0.29, 0.717) is 0 Å². The van der Waals surface area contributed by atoms with Crippen LogP contribution in [0.3, 0.4) is 0 Å². The van der Waals surface area contributed by atoms with E-state index in [1.165, 1.54) is 68.4 Å². The summed E-state index contributed by atoms with van der Waals surface area (Å²) >= 11 is 0. The molecule has 0 aromatic heterocycles. The largest absolute Gasteiger partial charge is 0.452 e. The number of ether oxygens (including phenoxy) is 1. The van der Waals surface area contributed by atoms with Crippen LogP contribution < -0.4 is 10.2 Å². The molecule has 176 valence electrons. The number of carbonyl (C=O) groups is 3. The van der Waals surface area contributed by atoms with Crippen molar-refractivity contribution in [2.75, 3.05) is 30.9 Å². The predicted octanol–water partition coefficient (Wildman–Crippen LogP) is 2.00. The first-order chi connectivity index (χ1) is 15.5. The molecule has 0 saturated carbocycles. The van der Waals surface area contributed by atoms with E-state index in [9.17, 15) is 27.2 Å². The van der Waals surface area contributed by atoms with Gasteiger partial charge in [0.2, 0.25) is 15.9 Å². The number of anilines is 2. The quantitative estimate of drug-likeness (QED) is 0.611. The number of carbonyl (C=O) groups excluding carboxylic acids is 3. The molecule has 0 aliphatic carbocycles. The number of sulfonamides is 1. The SMILES string of the molecule is C[C@@H](OC(=O)[C@@H]1CC(=O)N(c2ccccc2F)C1)C(=O)Nc1cccc(S(=O)(=O)N(C)C)c1. The van der Waals surface area contributed by atoms with Gasteiger partial charge in [0.1, 0.15) is 5.82 Å². The summed E-state index contributed by atoms with van der Waals surface area (Å²) in [5.74, 6) is -3.27. The van der Waals surface area contributed by atoms with Crippen LogP contribution in [0.2, 0.25) is 0 Å². The molecule has 2 aromatic carbocycles. The number of nitrogens with zero attached hydrogens (tertiary/aromatic N) is 2. The van der Waals surface area contributed by atoms with Crippen LogP contribution in [0.25, 0.3) is 0 Å².